The summed E-state index contributed by atoms with van der Waals surface area (Å²) >= 11 is 6.08. The number of nitrogens with zero attached hydrogens (tertiary/aromatic N) is 2. The number of halogens is 1. The first-order chi connectivity index (χ1) is 17.2. The lowest BCUT2D eigenvalue weighted by atomic mass is 10.2. The molecule has 1 N–H and O–H groups in total. The summed E-state index contributed by atoms with van der Waals surface area (Å²) in [6.45, 7) is 0.484. The first kappa shape index (κ1) is 26.2. The van der Waals surface area contributed by atoms with Gasteiger partial charge in [-0.2, -0.15) is 4.31 Å². The fraction of sp³-hybridized carbons (Fsp3) is 0.240. The average Bonchev–Trinajstić information content (AvgIpc) is 2.88. The minimum absolute atomic E-state index is 0.0325. The molecule has 0 spiro atoms. The standard InChI is InChI=1S/C25H26ClN3O5S2/c26-20-8-7-9-22(18-20)29(36(33,34)23-10-3-1-4-11-23)19-25(30)27-21-12-14-24(15-13-21)35(31,32)28-16-5-2-6-17-28/h1,3-4,7-15,18H,2,5-6,16-17,19H2,(H,27,30). The molecule has 190 valence electrons. The molecule has 1 fully saturated rings. The quantitative estimate of drug-likeness (QED) is 0.451. The highest BCUT2D eigenvalue weighted by Gasteiger charge is 2.28. The van der Waals surface area contributed by atoms with Crippen LogP contribution in [0.2, 0.25) is 5.02 Å². The van der Waals surface area contributed by atoms with Crippen LogP contribution < -0.4 is 9.62 Å². The summed E-state index contributed by atoms with van der Waals surface area (Å²) in [5.41, 5.74) is 0.588. The smallest absolute Gasteiger partial charge is 0.264 e. The molecule has 8 nitrogen and oxygen atoms in total. The number of benzene rings is 3. The molecule has 1 aliphatic rings. The van der Waals surface area contributed by atoms with E-state index in [4.69, 9.17) is 11.6 Å². The first-order valence-corrected chi connectivity index (χ1v) is 14.7. The second kappa shape index (κ2) is 11.0. The molecule has 1 amide bonds. The number of sulfonamides is 2. The van der Waals surface area contributed by atoms with Crippen LogP contribution >= 0.6 is 11.6 Å². The predicted octanol–water partition coefficient (Wildman–Crippen LogP) is 4.35. The topological polar surface area (TPSA) is 104 Å². The molecule has 0 aliphatic carbocycles. The molecule has 0 radical (unpaired) electrons. The number of anilines is 2. The molecule has 0 saturated carbocycles. The predicted molar refractivity (Wildman–Crippen MR) is 140 cm³/mol. The van der Waals surface area contributed by atoms with Gasteiger partial charge in [-0.1, -0.05) is 42.3 Å². The average molecular weight is 548 g/mol. The molecule has 1 saturated heterocycles. The Kier molecular flexibility index (Phi) is 7.99. The largest absolute Gasteiger partial charge is 0.325 e. The number of carbonyl (C=O) groups excluding carboxylic acids is 1. The highest BCUT2D eigenvalue weighted by molar-refractivity contribution is 7.92. The Labute approximate surface area is 216 Å². The van der Waals surface area contributed by atoms with Gasteiger partial charge < -0.3 is 5.32 Å². The fourth-order valence-corrected chi connectivity index (χ4v) is 7.10. The molecule has 4 rings (SSSR count). The van der Waals surface area contributed by atoms with Crippen molar-refractivity contribution in [2.75, 3.05) is 29.3 Å². The van der Waals surface area contributed by atoms with E-state index in [1.165, 1.54) is 46.8 Å². The molecule has 0 aromatic heterocycles. The molecule has 3 aromatic carbocycles. The third kappa shape index (κ3) is 5.89. The first-order valence-electron chi connectivity index (χ1n) is 11.4. The summed E-state index contributed by atoms with van der Waals surface area (Å²) in [5.74, 6) is -0.596. The molecule has 1 aliphatic heterocycles. The zero-order valence-corrected chi connectivity index (χ0v) is 21.8. The summed E-state index contributed by atoms with van der Waals surface area (Å²) in [4.78, 5) is 13.1. The van der Waals surface area contributed by atoms with Gasteiger partial charge in [-0.3, -0.25) is 9.10 Å². The highest BCUT2D eigenvalue weighted by atomic mass is 35.5. The van der Waals surface area contributed by atoms with Crippen LogP contribution in [0.25, 0.3) is 0 Å². The summed E-state index contributed by atoms with van der Waals surface area (Å²) < 4.78 is 54.9. The van der Waals surface area contributed by atoms with Crippen molar-refractivity contribution in [3.63, 3.8) is 0 Å². The van der Waals surface area contributed by atoms with E-state index in [1.54, 1.807) is 36.4 Å². The number of hydrogen-bond acceptors (Lipinski definition) is 5. The zero-order valence-electron chi connectivity index (χ0n) is 19.4. The van der Waals surface area contributed by atoms with E-state index < -0.39 is 32.5 Å². The number of piperidine rings is 1. The van der Waals surface area contributed by atoms with Crippen LogP contribution in [-0.4, -0.2) is 46.7 Å². The van der Waals surface area contributed by atoms with Crippen LogP contribution in [0.1, 0.15) is 19.3 Å². The van der Waals surface area contributed by atoms with Crippen molar-refractivity contribution in [1.29, 1.82) is 0 Å². The van der Waals surface area contributed by atoms with Gasteiger partial charge in [0.2, 0.25) is 15.9 Å². The molecular weight excluding hydrogens is 522 g/mol. The van der Waals surface area contributed by atoms with Gasteiger partial charge in [0, 0.05) is 23.8 Å². The van der Waals surface area contributed by atoms with E-state index in [2.05, 4.69) is 5.32 Å². The molecule has 36 heavy (non-hydrogen) atoms. The van der Waals surface area contributed by atoms with Crippen molar-refractivity contribution in [2.24, 2.45) is 0 Å². The van der Waals surface area contributed by atoms with Crippen LogP contribution in [0.5, 0.6) is 0 Å². The van der Waals surface area contributed by atoms with E-state index >= 15 is 0 Å². The number of hydrogen-bond donors (Lipinski definition) is 1. The van der Waals surface area contributed by atoms with Crippen molar-refractivity contribution >= 4 is 48.9 Å². The second-order valence-electron chi connectivity index (χ2n) is 8.34. The third-order valence-corrected chi connectivity index (χ3v) is 9.74. The van der Waals surface area contributed by atoms with Crippen molar-refractivity contribution in [2.45, 2.75) is 29.1 Å². The van der Waals surface area contributed by atoms with Crippen molar-refractivity contribution in [1.82, 2.24) is 4.31 Å². The Hall–Kier alpha value is -2.92. The van der Waals surface area contributed by atoms with E-state index in [1.807, 2.05) is 0 Å². The minimum atomic E-state index is -4.07. The maximum Gasteiger partial charge on any atom is 0.264 e. The molecule has 11 heteroatoms. The van der Waals surface area contributed by atoms with Gasteiger partial charge in [0.15, 0.2) is 0 Å². The molecule has 0 bridgehead atoms. The lowest BCUT2D eigenvalue weighted by Gasteiger charge is -2.26. The summed E-state index contributed by atoms with van der Waals surface area (Å²) in [5, 5.41) is 2.98. The molecule has 0 unspecified atom stereocenters. The Bertz CT molecular complexity index is 1420. The molecular formula is C25H26ClN3O5S2. The Morgan fingerprint density at radius 2 is 1.50 bits per heavy atom. The Morgan fingerprint density at radius 3 is 2.14 bits per heavy atom. The minimum Gasteiger partial charge on any atom is -0.325 e. The van der Waals surface area contributed by atoms with E-state index in [0.717, 1.165) is 23.6 Å². The van der Waals surface area contributed by atoms with E-state index in [0.29, 0.717) is 23.8 Å². The van der Waals surface area contributed by atoms with Crippen molar-refractivity contribution < 1.29 is 21.6 Å². The molecule has 3 aromatic rings. The molecule has 1 heterocycles. The summed E-state index contributed by atoms with van der Waals surface area (Å²) in [6, 6.07) is 19.9. The van der Waals surface area contributed by atoms with Crippen LogP contribution in [0.15, 0.2) is 88.7 Å². The monoisotopic (exact) mass is 547 g/mol. The van der Waals surface area contributed by atoms with Crippen LogP contribution in [0.4, 0.5) is 11.4 Å². The van der Waals surface area contributed by atoms with E-state index in [-0.39, 0.29) is 15.5 Å². The maximum atomic E-state index is 13.4. The van der Waals surface area contributed by atoms with Crippen LogP contribution in [-0.2, 0) is 24.8 Å². The Balaban J connectivity index is 1.53. The number of carbonyl (C=O) groups is 1. The lowest BCUT2D eigenvalue weighted by Crippen LogP contribution is -2.38. The van der Waals surface area contributed by atoms with Gasteiger partial charge in [-0.25, -0.2) is 16.8 Å². The SMILES string of the molecule is O=C(CN(c1cccc(Cl)c1)S(=O)(=O)c1ccccc1)Nc1ccc(S(=O)(=O)N2CCCCC2)cc1. The Morgan fingerprint density at radius 1 is 0.833 bits per heavy atom. The fourth-order valence-electron chi connectivity index (χ4n) is 3.96. The summed E-state index contributed by atoms with van der Waals surface area (Å²) in [6.07, 6.45) is 2.69. The lowest BCUT2D eigenvalue weighted by molar-refractivity contribution is -0.114. The van der Waals surface area contributed by atoms with Crippen molar-refractivity contribution in [3.8, 4) is 0 Å². The van der Waals surface area contributed by atoms with Gasteiger partial charge in [0.25, 0.3) is 10.0 Å². The van der Waals surface area contributed by atoms with Gasteiger partial charge >= 0.3 is 0 Å². The van der Waals surface area contributed by atoms with Crippen LogP contribution in [0, 0.1) is 0 Å². The maximum absolute atomic E-state index is 13.4. The number of rotatable bonds is 8. The molecule has 0 atom stereocenters. The van der Waals surface area contributed by atoms with Crippen molar-refractivity contribution in [3.05, 3.63) is 83.9 Å². The van der Waals surface area contributed by atoms with Gasteiger partial charge in [0.1, 0.15) is 6.54 Å². The third-order valence-electron chi connectivity index (χ3n) is 5.81. The van der Waals surface area contributed by atoms with Gasteiger partial charge in [-0.15, -0.1) is 0 Å². The van der Waals surface area contributed by atoms with Gasteiger partial charge in [0.05, 0.1) is 15.5 Å². The van der Waals surface area contributed by atoms with E-state index in [9.17, 15) is 21.6 Å². The summed E-state index contributed by atoms with van der Waals surface area (Å²) in [7, 11) is -7.66. The van der Waals surface area contributed by atoms with Gasteiger partial charge in [-0.05, 0) is 67.4 Å². The number of amides is 1. The zero-order chi connectivity index (χ0) is 25.8. The highest BCUT2D eigenvalue weighted by Crippen LogP contribution is 2.27. The van der Waals surface area contributed by atoms with Crippen LogP contribution in [0.3, 0.4) is 0 Å². The number of nitrogens with one attached hydrogen (secondary N) is 1. The normalized spacial score (nSPS) is 14.8. The second-order valence-corrected chi connectivity index (χ2v) is 12.6.